The van der Waals surface area contributed by atoms with Crippen LogP contribution in [-0.2, 0) is 20.5 Å². The third kappa shape index (κ3) is 3.90. The summed E-state index contributed by atoms with van der Waals surface area (Å²) in [6.45, 7) is 2.40. The van der Waals surface area contributed by atoms with E-state index in [1.54, 1.807) is 26.0 Å². The van der Waals surface area contributed by atoms with Crippen LogP contribution in [0, 0.1) is 5.92 Å². The van der Waals surface area contributed by atoms with E-state index < -0.39 is 29.5 Å². The molecule has 0 N–H and O–H groups in total. The first-order chi connectivity index (χ1) is 13.3. The second kappa shape index (κ2) is 8.55. The van der Waals surface area contributed by atoms with Crippen LogP contribution in [0.1, 0.15) is 25.1 Å². The van der Waals surface area contributed by atoms with E-state index in [2.05, 4.69) is 9.97 Å². The number of rotatable bonds is 5. The van der Waals surface area contributed by atoms with Crippen LogP contribution in [0.3, 0.4) is 0 Å². The van der Waals surface area contributed by atoms with Gasteiger partial charge in [0, 0.05) is 23.0 Å². The predicted octanol–water partition coefficient (Wildman–Crippen LogP) is 4.26. The Kier molecular flexibility index (Phi) is 6.32. The number of nitrogens with zero attached hydrogens (tertiary/aromatic N) is 3. The first kappa shape index (κ1) is 20.7. The minimum absolute atomic E-state index is 0.0144. The van der Waals surface area contributed by atoms with Crippen LogP contribution >= 0.6 is 23.2 Å². The number of aromatic nitrogens is 2. The fourth-order valence-electron chi connectivity index (χ4n) is 2.52. The largest absolute Gasteiger partial charge is 0.422 e. The SMILES string of the molecule is CC(C)C(=O)OC1=C(c2ccc(Cl)cc2Cl)S(=O)N(CCF)c2nccnc21. The van der Waals surface area contributed by atoms with Gasteiger partial charge in [-0.1, -0.05) is 43.1 Å². The van der Waals surface area contributed by atoms with Crippen LogP contribution in [0.2, 0.25) is 10.0 Å². The molecule has 0 radical (unpaired) electrons. The van der Waals surface area contributed by atoms with Crippen LogP contribution in [0.4, 0.5) is 10.2 Å². The van der Waals surface area contributed by atoms with Crippen molar-refractivity contribution in [1.82, 2.24) is 9.97 Å². The third-order valence-corrected chi connectivity index (χ3v) is 5.91. The summed E-state index contributed by atoms with van der Waals surface area (Å²) in [7, 11) is -1.94. The summed E-state index contributed by atoms with van der Waals surface area (Å²) in [5.41, 5.74) is 0.529. The van der Waals surface area contributed by atoms with Gasteiger partial charge in [-0.15, -0.1) is 0 Å². The highest BCUT2D eigenvalue weighted by Gasteiger charge is 2.37. The zero-order valence-corrected chi connectivity index (χ0v) is 17.3. The average molecular weight is 444 g/mol. The molecule has 3 rings (SSSR count). The van der Waals surface area contributed by atoms with Crippen LogP contribution in [0.25, 0.3) is 10.7 Å². The molecule has 1 aromatic carbocycles. The Morgan fingerprint density at radius 2 is 2.00 bits per heavy atom. The molecule has 0 aliphatic carbocycles. The topological polar surface area (TPSA) is 72.4 Å². The molecule has 0 amide bonds. The highest BCUT2D eigenvalue weighted by molar-refractivity contribution is 7.96. The van der Waals surface area contributed by atoms with Gasteiger partial charge in [0.05, 0.1) is 17.5 Å². The summed E-state index contributed by atoms with van der Waals surface area (Å²) in [6.07, 6.45) is 2.80. The van der Waals surface area contributed by atoms with Gasteiger partial charge in [-0.05, 0) is 12.1 Å². The zero-order valence-electron chi connectivity index (χ0n) is 15.0. The van der Waals surface area contributed by atoms with Gasteiger partial charge in [-0.25, -0.2) is 18.6 Å². The monoisotopic (exact) mass is 443 g/mol. The lowest BCUT2D eigenvalue weighted by Crippen LogP contribution is -2.34. The van der Waals surface area contributed by atoms with Crippen LogP contribution in [0.5, 0.6) is 0 Å². The Labute approximate surface area is 173 Å². The van der Waals surface area contributed by atoms with E-state index in [0.29, 0.717) is 10.6 Å². The highest BCUT2D eigenvalue weighted by Crippen LogP contribution is 2.42. The normalized spacial score (nSPS) is 16.4. The fraction of sp³-hybridized carbons (Fsp3) is 0.278. The molecule has 1 aliphatic rings. The van der Waals surface area contributed by atoms with Crippen molar-refractivity contribution in [2.45, 2.75) is 13.8 Å². The number of ether oxygens (including phenoxy) is 1. The van der Waals surface area contributed by atoms with Crippen molar-refractivity contribution in [2.75, 3.05) is 17.5 Å². The van der Waals surface area contributed by atoms with Gasteiger partial charge in [0.2, 0.25) is 0 Å². The van der Waals surface area contributed by atoms with Crippen molar-refractivity contribution in [3.8, 4) is 0 Å². The van der Waals surface area contributed by atoms with Gasteiger partial charge in [0.15, 0.2) is 28.3 Å². The van der Waals surface area contributed by atoms with Crippen LogP contribution in [-0.4, -0.2) is 33.4 Å². The van der Waals surface area contributed by atoms with E-state index in [-0.39, 0.29) is 33.7 Å². The third-order valence-electron chi connectivity index (χ3n) is 3.85. The van der Waals surface area contributed by atoms with Crippen LogP contribution < -0.4 is 4.31 Å². The Balaban J connectivity index is 2.30. The number of halogens is 3. The maximum atomic E-state index is 13.3. The molecule has 0 fully saturated rings. The molecular weight excluding hydrogens is 428 g/mol. The summed E-state index contributed by atoms with van der Waals surface area (Å²) in [5.74, 6) is -0.824. The number of hydrogen-bond acceptors (Lipinski definition) is 5. The van der Waals surface area contributed by atoms with E-state index >= 15 is 0 Å². The number of anilines is 1. The smallest absolute Gasteiger partial charge is 0.313 e. The summed E-state index contributed by atoms with van der Waals surface area (Å²) < 4.78 is 33.3. The summed E-state index contributed by atoms with van der Waals surface area (Å²) in [6, 6.07) is 4.62. The molecule has 0 bridgehead atoms. The Morgan fingerprint density at radius 3 is 2.64 bits per heavy atom. The van der Waals surface area contributed by atoms with Gasteiger partial charge < -0.3 is 4.74 Å². The minimum Gasteiger partial charge on any atom is -0.422 e. The fourth-order valence-corrected chi connectivity index (χ4v) is 4.49. The molecule has 2 heterocycles. The summed E-state index contributed by atoms with van der Waals surface area (Å²) >= 11 is 12.3. The number of fused-ring (bicyclic) bond motifs is 1. The van der Waals surface area contributed by atoms with Gasteiger partial charge in [0.1, 0.15) is 11.6 Å². The average Bonchev–Trinajstić information content (AvgIpc) is 2.66. The van der Waals surface area contributed by atoms with E-state index in [1.807, 2.05) is 0 Å². The van der Waals surface area contributed by atoms with E-state index in [9.17, 15) is 13.4 Å². The number of hydrogen-bond donors (Lipinski definition) is 0. The first-order valence-electron chi connectivity index (χ1n) is 8.33. The maximum absolute atomic E-state index is 13.3. The molecule has 6 nitrogen and oxygen atoms in total. The quantitative estimate of drug-likeness (QED) is 0.645. The summed E-state index contributed by atoms with van der Waals surface area (Å²) in [4.78, 5) is 20.8. The lowest BCUT2D eigenvalue weighted by Gasteiger charge is -2.30. The minimum atomic E-state index is -1.94. The number of esters is 1. The Bertz CT molecular complexity index is 984. The second-order valence-corrected chi connectivity index (χ2v) is 8.32. The van der Waals surface area contributed by atoms with E-state index in [4.69, 9.17) is 27.9 Å². The number of alkyl halides is 1. The predicted molar refractivity (Wildman–Crippen MR) is 108 cm³/mol. The number of carbonyl (C=O) groups excluding carboxylic acids is 1. The standard InChI is InChI=1S/C18H16Cl2FN3O3S/c1-10(2)18(25)27-15-14-17(23-7-6-22-14)24(8-5-21)28(26)16(15)12-4-3-11(19)9-13(12)20/h3-4,6-7,9-10H,5,8H2,1-2H3. The number of carbonyl (C=O) groups is 1. The molecule has 2 aromatic rings. The first-order valence-corrected chi connectivity index (χ1v) is 10.2. The van der Waals surface area contributed by atoms with Crippen molar-refractivity contribution in [1.29, 1.82) is 0 Å². The molecule has 1 aromatic heterocycles. The van der Waals surface area contributed by atoms with Crippen LogP contribution in [0.15, 0.2) is 30.6 Å². The molecule has 148 valence electrons. The summed E-state index contributed by atoms with van der Waals surface area (Å²) in [5, 5.41) is 0.596. The lowest BCUT2D eigenvalue weighted by molar-refractivity contribution is -0.140. The molecule has 0 saturated heterocycles. The van der Waals surface area contributed by atoms with E-state index in [0.717, 1.165) is 0 Å². The molecule has 1 unspecified atom stereocenters. The molecule has 10 heteroatoms. The zero-order chi connectivity index (χ0) is 20.4. The Morgan fingerprint density at radius 1 is 1.29 bits per heavy atom. The molecule has 0 saturated carbocycles. The van der Waals surface area contributed by atoms with Gasteiger partial charge in [-0.3, -0.25) is 9.10 Å². The Hall–Kier alpha value is -2.03. The van der Waals surface area contributed by atoms with Crippen molar-refractivity contribution in [3.05, 3.63) is 51.9 Å². The van der Waals surface area contributed by atoms with Crippen molar-refractivity contribution < 1.29 is 18.1 Å². The lowest BCUT2D eigenvalue weighted by atomic mass is 10.1. The van der Waals surface area contributed by atoms with Crippen molar-refractivity contribution >= 4 is 56.6 Å². The van der Waals surface area contributed by atoms with Gasteiger partial charge >= 0.3 is 5.97 Å². The highest BCUT2D eigenvalue weighted by atomic mass is 35.5. The van der Waals surface area contributed by atoms with Crippen molar-refractivity contribution in [2.24, 2.45) is 5.92 Å². The molecular formula is C18H16Cl2FN3O3S. The molecule has 1 aliphatic heterocycles. The van der Waals surface area contributed by atoms with Crippen molar-refractivity contribution in [3.63, 3.8) is 0 Å². The molecule has 1 atom stereocenters. The molecule has 0 spiro atoms. The van der Waals surface area contributed by atoms with Gasteiger partial charge in [0.25, 0.3) is 0 Å². The second-order valence-electron chi connectivity index (χ2n) is 6.13. The van der Waals surface area contributed by atoms with Gasteiger partial charge in [-0.2, -0.15) is 0 Å². The van der Waals surface area contributed by atoms with E-state index in [1.165, 1.54) is 22.8 Å². The molecule has 28 heavy (non-hydrogen) atoms. The number of benzene rings is 1. The maximum Gasteiger partial charge on any atom is 0.313 e.